The molecule has 10 nitrogen and oxygen atoms in total. The SMILES string of the molecule is CCOc1cc([N+](=O)[O-])c(C(=O)Nc2cccc(S(=O)(=O)N3CCCCC3)c2)cc1OC. The molecule has 1 heterocycles. The van der Waals surface area contributed by atoms with Crippen molar-refractivity contribution < 1.29 is 27.6 Å². The predicted molar refractivity (Wildman–Crippen MR) is 118 cm³/mol. The van der Waals surface area contributed by atoms with Gasteiger partial charge in [0.05, 0.1) is 29.6 Å². The number of piperidine rings is 1. The van der Waals surface area contributed by atoms with Crippen LogP contribution in [0.4, 0.5) is 11.4 Å². The molecule has 11 heteroatoms. The number of rotatable bonds is 8. The van der Waals surface area contributed by atoms with E-state index >= 15 is 0 Å². The Morgan fingerprint density at radius 3 is 2.50 bits per heavy atom. The molecule has 0 aromatic heterocycles. The number of hydrogen-bond acceptors (Lipinski definition) is 7. The summed E-state index contributed by atoms with van der Waals surface area (Å²) in [6.07, 6.45) is 2.60. The molecule has 0 aliphatic carbocycles. The number of methoxy groups -OCH3 is 1. The van der Waals surface area contributed by atoms with Gasteiger partial charge in [0.2, 0.25) is 10.0 Å². The van der Waals surface area contributed by atoms with E-state index in [0.717, 1.165) is 25.3 Å². The predicted octanol–water partition coefficient (Wildman–Crippen LogP) is 3.43. The van der Waals surface area contributed by atoms with E-state index in [9.17, 15) is 23.3 Å². The molecular formula is C21H25N3O7S. The zero-order chi connectivity index (χ0) is 23.3. The minimum atomic E-state index is -3.69. The van der Waals surface area contributed by atoms with E-state index in [4.69, 9.17) is 9.47 Å². The molecule has 1 N–H and O–H groups in total. The van der Waals surface area contributed by atoms with Gasteiger partial charge < -0.3 is 14.8 Å². The molecule has 1 saturated heterocycles. The molecule has 0 atom stereocenters. The van der Waals surface area contributed by atoms with Gasteiger partial charge in [0.1, 0.15) is 5.56 Å². The Hall–Kier alpha value is -3.18. The molecule has 1 amide bonds. The number of amides is 1. The monoisotopic (exact) mass is 463 g/mol. The lowest BCUT2D eigenvalue weighted by molar-refractivity contribution is -0.385. The third kappa shape index (κ3) is 5.00. The summed E-state index contributed by atoms with van der Waals surface area (Å²) in [5.74, 6) is -0.456. The highest BCUT2D eigenvalue weighted by molar-refractivity contribution is 7.89. The molecule has 2 aromatic rings. The standard InChI is InChI=1S/C21H25N3O7S/c1-3-31-20-14-18(24(26)27)17(13-19(20)30-2)21(25)22-15-8-7-9-16(12-15)32(28,29)23-10-5-4-6-11-23/h7-9,12-14H,3-6,10-11H2,1-2H3,(H,22,25). The van der Waals surface area contributed by atoms with E-state index in [2.05, 4.69) is 5.32 Å². The van der Waals surface area contributed by atoms with Gasteiger partial charge in [-0.25, -0.2) is 8.42 Å². The van der Waals surface area contributed by atoms with E-state index in [1.807, 2.05) is 0 Å². The highest BCUT2D eigenvalue weighted by Gasteiger charge is 2.27. The summed E-state index contributed by atoms with van der Waals surface area (Å²) in [5, 5.41) is 14.1. The number of carbonyl (C=O) groups excluding carboxylic acids is 1. The quantitative estimate of drug-likeness (QED) is 0.469. The minimum Gasteiger partial charge on any atom is -0.493 e. The number of nitro groups is 1. The number of anilines is 1. The van der Waals surface area contributed by atoms with Crippen molar-refractivity contribution in [1.82, 2.24) is 4.31 Å². The van der Waals surface area contributed by atoms with E-state index in [0.29, 0.717) is 13.1 Å². The molecule has 1 aliphatic rings. The lowest BCUT2D eigenvalue weighted by Gasteiger charge is -2.26. The van der Waals surface area contributed by atoms with Crippen LogP contribution in [0, 0.1) is 10.1 Å². The highest BCUT2D eigenvalue weighted by atomic mass is 32.2. The molecular weight excluding hydrogens is 438 g/mol. The first-order valence-electron chi connectivity index (χ1n) is 10.2. The van der Waals surface area contributed by atoms with E-state index in [-0.39, 0.29) is 34.3 Å². The lowest BCUT2D eigenvalue weighted by Crippen LogP contribution is -2.35. The zero-order valence-electron chi connectivity index (χ0n) is 17.9. The third-order valence-corrected chi connectivity index (χ3v) is 6.96. The maximum Gasteiger partial charge on any atom is 0.286 e. The van der Waals surface area contributed by atoms with Crippen molar-refractivity contribution in [2.75, 3.05) is 32.1 Å². The maximum absolute atomic E-state index is 12.9. The second kappa shape index (κ2) is 9.96. The first kappa shape index (κ1) is 23.5. The van der Waals surface area contributed by atoms with Crippen LogP contribution < -0.4 is 14.8 Å². The van der Waals surface area contributed by atoms with Crippen LogP contribution in [0.2, 0.25) is 0 Å². The van der Waals surface area contributed by atoms with Crippen LogP contribution >= 0.6 is 0 Å². The van der Waals surface area contributed by atoms with Crippen molar-refractivity contribution >= 4 is 27.3 Å². The summed E-state index contributed by atoms with van der Waals surface area (Å²) in [5.41, 5.74) is -0.487. The van der Waals surface area contributed by atoms with Crippen molar-refractivity contribution in [1.29, 1.82) is 0 Å². The van der Waals surface area contributed by atoms with E-state index < -0.39 is 26.5 Å². The van der Waals surface area contributed by atoms with Crippen LogP contribution in [0.5, 0.6) is 11.5 Å². The second-order valence-electron chi connectivity index (χ2n) is 7.16. The van der Waals surface area contributed by atoms with Crippen molar-refractivity contribution in [3.63, 3.8) is 0 Å². The normalized spacial score (nSPS) is 14.6. The van der Waals surface area contributed by atoms with E-state index in [1.165, 1.54) is 41.7 Å². The Labute approximate surface area is 186 Å². The summed E-state index contributed by atoms with van der Waals surface area (Å²) in [7, 11) is -2.33. The minimum absolute atomic E-state index is 0.0518. The average Bonchev–Trinajstić information content (AvgIpc) is 2.79. The summed E-state index contributed by atoms with van der Waals surface area (Å²) in [6, 6.07) is 8.20. The van der Waals surface area contributed by atoms with Crippen LogP contribution in [0.3, 0.4) is 0 Å². The van der Waals surface area contributed by atoms with Crippen LogP contribution in [-0.2, 0) is 10.0 Å². The van der Waals surface area contributed by atoms with Crippen molar-refractivity contribution in [2.24, 2.45) is 0 Å². The molecule has 0 saturated carbocycles. The van der Waals surface area contributed by atoms with Crippen LogP contribution in [0.15, 0.2) is 41.3 Å². The van der Waals surface area contributed by atoms with Gasteiger partial charge in [0.15, 0.2) is 11.5 Å². The second-order valence-corrected chi connectivity index (χ2v) is 9.09. The molecule has 1 aliphatic heterocycles. The smallest absolute Gasteiger partial charge is 0.286 e. The fraction of sp³-hybridized carbons (Fsp3) is 0.381. The average molecular weight is 464 g/mol. The van der Waals surface area contributed by atoms with Gasteiger partial charge in [-0.2, -0.15) is 4.31 Å². The van der Waals surface area contributed by atoms with E-state index in [1.54, 1.807) is 6.92 Å². The summed E-state index contributed by atoms with van der Waals surface area (Å²) in [6.45, 7) is 2.89. The number of benzene rings is 2. The molecule has 0 unspecified atom stereocenters. The van der Waals surface area contributed by atoms with Crippen LogP contribution in [0.25, 0.3) is 0 Å². The number of nitro benzene ring substituents is 1. The molecule has 0 radical (unpaired) electrons. The largest absolute Gasteiger partial charge is 0.493 e. The number of sulfonamides is 1. The Bertz CT molecular complexity index is 1110. The zero-order valence-corrected chi connectivity index (χ0v) is 18.7. The third-order valence-electron chi connectivity index (χ3n) is 5.07. The van der Waals surface area contributed by atoms with Crippen molar-refractivity contribution in [2.45, 2.75) is 31.1 Å². The van der Waals surface area contributed by atoms with Gasteiger partial charge in [-0.3, -0.25) is 14.9 Å². The fourth-order valence-electron chi connectivity index (χ4n) is 3.50. The lowest BCUT2D eigenvalue weighted by atomic mass is 10.1. The summed E-state index contributed by atoms with van der Waals surface area (Å²) < 4.78 is 37.8. The number of ether oxygens (including phenoxy) is 2. The van der Waals surface area contributed by atoms with Gasteiger partial charge in [-0.1, -0.05) is 12.5 Å². The van der Waals surface area contributed by atoms with Crippen molar-refractivity contribution in [3.05, 3.63) is 52.1 Å². The Morgan fingerprint density at radius 2 is 1.88 bits per heavy atom. The molecule has 2 aromatic carbocycles. The molecule has 0 bridgehead atoms. The van der Waals surface area contributed by atoms with Crippen LogP contribution in [-0.4, -0.2) is 50.4 Å². The number of nitrogens with zero attached hydrogens (tertiary/aromatic N) is 2. The molecule has 1 fully saturated rings. The highest BCUT2D eigenvalue weighted by Crippen LogP contribution is 2.35. The molecule has 172 valence electrons. The van der Waals surface area contributed by atoms with Gasteiger partial charge in [-0.15, -0.1) is 0 Å². The maximum atomic E-state index is 12.9. The number of hydrogen-bond donors (Lipinski definition) is 1. The number of nitrogens with one attached hydrogen (secondary N) is 1. The Kier molecular flexibility index (Phi) is 7.31. The Morgan fingerprint density at radius 1 is 1.16 bits per heavy atom. The first-order valence-corrected chi connectivity index (χ1v) is 11.6. The van der Waals surface area contributed by atoms with Gasteiger partial charge in [0.25, 0.3) is 11.6 Å². The van der Waals surface area contributed by atoms with Crippen molar-refractivity contribution in [3.8, 4) is 11.5 Å². The topological polar surface area (TPSA) is 128 Å². The number of carbonyl (C=O) groups is 1. The Balaban J connectivity index is 1.91. The first-order chi connectivity index (χ1) is 15.3. The fourth-order valence-corrected chi connectivity index (χ4v) is 5.06. The van der Waals surface area contributed by atoms with Gasteiger partial charge in [-0.05, 0) is 38.0 Å². The van der Waals surface area contributed by atoms with Gasteiger partial charge in [0, 0.05) is 24.8 Å². The summed E-state index contributed by atoms with van der Waals surface area (Å²) >= 11 is 0. The van der Waals surface area contributed by atoms with Gasteiger partial charge >= 0.3 is 0 Å². The molecule has 32 heavy (non-hydrogen) atoms. The molecule has 0 spiro atoms. The van der Waals surface area contributed by atoms with Crippen LogP contribution in [0.1, 0.15) is 36.5 Å². The molecule has 3 rings (SSSR count). The summed E-state index contributed by atoms with van der Waals surface area (Å²) in [4.78, 5) is 23.8.